The summed E-state index contributed by atoms with van der Waals surface area (Å²) < 4.78 is 1.84. The number of hydrogen-bond donors (Lipinski definition) is 0. The summed E-state index contributed by atoms with van der Waals surface area (Å²) in [5, 5.41) is 4.23. The number of carbonyl (C=O) groups excluding carboxylic acids is 1. The molecular weight excluding hydrogens is 140 g/mol. The topological polar surface area (TPSA) is 34.9 Å². The van der Waals surface area contributed by atoms with E-state index in [2.05, 4.69) is 5.10 Å². The van der Waals surface area contributed by atoms with Gasteiger partial charge in [-0.25, -0.2) is 0 Å². The van der Waals surface area contributed by atoms with E-state index in [9.17, 15) is 4.79 Å². The zero-order valence-electron chi connectivity index (χ0n) is 6.45. The minimum Gasteiger partial charge on any atom is -0.296 e. The van der Waals surface area contributed by atoms with Crippen molar-refractivity contribution in [2.45, 2.75) is 25.8 Å². The lowest BCUT2D eigenvalue weighted by Crippen LogP contribution is -2.00. The fourth-order valence-electron chi connectivity index (χ4n) is 1.24. The highest BCUT2D eigenvalue weighted by molar-refractivity contribution is 5.72. The van der Waals surface area contributed by atoms with Crippen molar-refractivity contribution in [3.8, 4) is 0 Å². The summed E-state index contributed by atoms with van der Waals surface area (Å²) in [6, 6.07) is 2.33. The van der Waals surface area contributed by atoms with E-state index in [1.54, 1.807) is 0 Å². The van der Waals surface area contributed by atoms with E-state index in [-0.39, 0.29) is 0 Å². The van der Waals surface area contributed by atoms with Gasteiger partial charge in [-0.05, 0) is 25.8 Å². The highest BCUT2D eigenvalue weighted by atomic mass is 16.1. The predicted molar refractivity (Wildman–Crippen MR) is 40.6 cm³/mol. The SMILES string of the molecule is Cc1cc(C=O)n(C2CC2)n1. The molecule has 11 heavy (non-hydrogen) atoms. The summed E-state index contributed by atoms with van der Waals surface area (Å²) in [5.41, 5.74) is 1.64. The first kappa shape index (κ1) is 6.58. The van der Waals surface area contributed by atoms with Crippen LogP contribution < -0.4 is 0 Å². The third-order valence-electron chi connectivity index (χ3n) is 1.90. The van der Waals surface area contributed by atoms with Crippen LogP contribution in [0.3, 0.4) is 0 Å². The summed E-state index contributed by atoms with van der Waals surface area (Å²) in [4.78, 5) is 10.5. The summed E-state index contributed by atoms with van der Waals surface area (Å²) in [6.07, 6.45) is 3.21. The van der Waals surface area contributed by atoms with Crippen LogP contribution in [0.5, 0.6) is 0 Å². The Kier molecular flexibility index (Phi) is 1.31. The number of aldehydes is 1. The molecule has 0 aliphatic heterocycles. The fourth-order valence-corrected chi connectivity index (χ4v) is 1.24. The maximum absolute atomic E-state index is 10.5. The molecule has 0 spiro atoms. The second-order valence-electron chi connectivity index (χ2n) is 3.00. The Balaban J connectivity index is 2.41. The van der Waals surface area contributed by atoms with E-state index in [0.29, 0.717) is 11.7 Å². The lowest BCUT2D eigenvalue weighted by atomic mass is 10.4. The van der Waals surface area contributed by atoms with Crippen LogP contribution in [-0.2, 0) is 0 Å². The molecule has 0 amide bonds. The van der Waals surface area contributed by atoms with E-state index in [1.807, 2.05) is 17.7 Å². The number of hydrogen-bond acceptors (Lipinski definition) is 2. The molecule has 0 bridgehead atoms. The standard InChI is InChI=1S/C8H10N2O/c1-6-4-8(5-11)10(9-6)7-2-3-7/h4-5,7H,2-3H2,1H3. The highest BCUT2D eigenvalue weighted by Crippen LogP contribution is 2.34. The molecule has 58 valence electrons. The van der Waals surface area contributed by atoms with Gasteiger partial charge in [-0.15, -0.1) is 0 Å². The molecule has 0 unspecified atom stereocenters. The molecule has 1 aliphatic carbocycles. The Bertz CT molecular complexity index is 286. The van der Waals surface area contributed by atoms with Gasteiger partial charge in [0.25, 0.3) is 0 Å². The van der Waals surface area contributed by atoms with E-state index in [4.69, 9.17) is 0 Å². The second kappa shape index (κ2) is 2.19. The maximum Gasteiger partial charge on any atom is 0.168 e. The Morgan fingerprint density at radius 2 is 2.45 bits per heavy atom. The summed E-state index contributed by atoms with van der Waals surface area (Å²) in [5.74, 6) is 0. The largest absolute Gasteiger partial charge is 0.296 e. The summed E-state index contributed by atoms with van der Waals surface area (Å²) >= 11 is 0. The van der Waals surface area contributed by atoms with Crippen molar-refractivity contribution >= 4 is 6.29 Å². The number of carbonyl (C=O) groups is 1. The third-order valence-corrected chi connectivity index (χ3v) is 1.90. The zero-order chi connectivity index (χ0) is 7.84. The average molecular weight is 150 g/mol. The van der Waals surface area contributed by atoms with Crippen LogP contribution >= 0.6 is 0 Å². The lowest BCUT2D eigenvalue weighted by molar-refractivity contribution is 0.111. The molecule has 3 heteroatoms. The van der Waals surface area contributed by atoms with Gasteiger partial charge in [0.2, 0.25) is 0 Å². The first-order valence-electron chi connectivity index (χ1n) is 3.82. The minimum absolute atomic E-state index is 0.504. The van der Waals surface area contributed by atoms with Crippen LogP contribution in [0.15, 0.2) is 6.07 Å². The molecule has 1 fully saturated rings. The molecule has 0 N–H and O–H groups in total. The predicted octanol–water partition coefficient (Wildman–Crippen LogP) is 1.34. The molecule has 1 aliphatic rings. The molecule has 2 rings (SSSR count). The minimum atomic E-state index is 0.504. The molecule has 0 atom stereocenters. The van der Waals surface area contributed by atoms with Crippen LogP contribution in [0.4, 0.5) is 0 Å². The molecule has 1 aromatic heterocycles. The Morgan fingerprint density at radius 1 is 1.73 bits per heavy atom. The quantitative estimate of drug-likeness (QED) is 0.596. The van der Waals surface area contributed by atoms with Crippen LogP contribution in [0.1, 0.15) is 35.1 Å². The molecular formula is C8H10N2O. The van der Waals surface area contributed by atoms with Gasteiger partial charge >= 0.3 is 0 Å². The van der Waals surface area contributed by atoms with Gasteiger partial charge < -0.3 is 0 Å². The second-order valence-corrected chi connectivity index (χ2v) is 3.00. The van der Waals surface area contributed by atoms with Crippen molar-refractivity contribution in [2.75, 3.05) is 0 Å². The van der Waals surface area contributed by atoms with Crippen molar-refractivity contribution in [2.24, 2.45) is 0 Å². The number of aromatic nitrogens is 2. The Hall–Kier alpha value is -1.12. The van der Waals surface area contributed by atoms with Crippen molar-refractivity contribution in [1.29, 1.82) is 0 Å². The van der Waals surface area contributed by atoms with Crippen molar-refractivity contribution in [3.05, 3.63) is 17.5 Å². The van der Waals surface area contributed by atoms with Crippen molar-refractivity contribution in [1.82, 2.24) is 9.78 Å². The van der Waals surface area contributed by atoms with Gasteiger partial charge in [0.1, 0.15) is 5.69 Å². The smallest absolute Gasteiger partial charge is 0.168 e. The van der Waals surface area contributed by atoms with E-state index in [0.717, 1.165) is 12.0 Å². The Morgan fingerprint density at radius 3 is 3.00 bits per heavy atom. The number of rotatable bonds is 2. The fraction of sp³-hybridized carbons (Fsp3) is 0.500. The van der Waals surface area contributed by atoms with Crippen molar-refractivity contribution < 1.29 is 4.79 Å². The van der Waals surface area contributed by atoms with Crippen LogP contribution in [0.2, 0.25) is 0 Å². The van der Waals surface area contributed by atoms with Gasteiger partial charge in [0, 0.05) is 0 Å². The third kappa shape index (κ3) is 1.06. The van der Waals surface area contributed by atoms with Crippen LogP contribution in [-0.4, -0.2) is 16.1 Å². The molecule has 1 heterocycles. The van der Waals surface area contributed by atoms with E-state index in [1.165, 1.54) is 12.8 Å². The average Bonchev–Trinajstić information content (AvgIpc) is 2.75. The van der Waals surface area contributed by atoms with Crippen LogP contribution in [0.25, 0.3) is 0 Å². The lowest BCUT2D eigenvalue weighted by Gasteiger charge is -1.97. The van der Waals surface area contributed by atoms with Gasteiger partial charge in [0.15, 0.2) is 6.29 Å². The molecule has 1 aromatic rings. The highest BCUT2D eigenvalue weighted by Gasteiger charge is 2.26. The first-order chi connectivity index (χ1) is 5.31. The van der Waals surface area contributed by atoms with E-state index >= 15 is 0 Å². The molecule has 1 saturated carbocycles. The summed E-state index contributed by atoms with van der Waals surface area (Å²) in [6.45, 7) is 1.91. The van der Waals surface area contributed by atoms with Crippen LogP contribution in [0, 0.1) is 6.92 Å². The molecule has 0 radical (unpaired) electrons. The van der Waals surface area contributed by atoms with Gasteiger partial charge in [-0.1, -0.05) is 0 Å². The first-order valence-corrected chi connectivity index (χ1v) is 3.82. The zero-order valence-corrected chi connectivity index (χ0v) is 6.45. The molecule has 0 saturated heterocycles. The van der Waals surface area contributed by atoms with Gasteiger partial charge in [-0.3, -0.25) is 9.48 Å². The van der Waals surface area contributed by atoms with Crippen molar-refractivity contribution in [3.63, 3.8) is 0 Å². The van der Waals surface area contributed by atoms with E-state index < -0.39 is 0 Å². The number of aryl methyl sites for hydroxylation is 1. The normalized spacial score (nSPS) is 16.8. The molecule has 0 aromatic carbocycles. The van der Waals surface area contributed by atoms with Gasteiger partial charge in [-0.2, -0.15) is 5.10 Å². The monoisotopic (exact) mass is 150 g/mol. The van der Waals surface area contributed by atoms with Gasteiger partial charge in [0.05, 0.1) is 11.7 Å². The number of nitrogens with zero attached hydrogens (tertiary/aromatic N) is 2. The maximum atomic E-state index is 10.5. The summed E-state index contributed by atoms with van der Waals surface area (Å²) in [7, 11) is 0. The Labute approximate surface area is 65.0 Å². The molecule has 3 nitrogen and oxygen atoms in total.